The second-order valence-corrected chi connectivity index (χ2v) is 8.21. The summed E-state index contributed by atoms with van der Waals surface area (Å²) in [5.41, 5.74) is 2.98. The Kier molecular flexibility index (Phi) is 8.77. The topological polar surface area (TPSA) is 12.0 Å². The molecule has 0 aliphatic carbocycles. The Labute approximate surface area is 150 Å². The third-order valence-electron chi connectivity index (χ3n) is 4.19. The van der Waals surface area contributed by atoms with Crippen molar-refractivity contribution in [1.29, 1.82) is 0 Å². The number of anilines is 2. The molecule has 0 atom stereocenters. The Morgan fingerprint density at radius 3 is 1.61 bits per heavy atom. The van der Waals surface area contributed by atoms with E-state index in [2.05, 4.69) is 42.1 Å². The van der Waals surface area contributed by atoms with Crippen LogP contribution in [0.5, 0.6) is 0 Å². The first-order valence-electron chi connectivity index (χ1n) is 9.23. The van der Waals surface area contributed by atoms with E-state index in [0.717, 1.165) is 0 Å². The lowest BCUT2D eigenvalue weighted by atomic mass is 10.1. The SMILES string of the molecule is CCCCCCc1csc(Nc2cc(CCCCCC)cs2)c1. The fourth-order valence-electron chi connectivity index (χ4n) is 2.78. The van der Waals surface area contributed by atoms with Gasteiger partial charge in [-0.1, -0.05) is 52.4 Å². The van der Waals surface area contributed by atoms with Crippen LogP contribution in [0.3, 0.4) is 0 Å². The Morgan fingerprint density at radius 2 is 1.17 bits per heavy atom. The summed E-state index contributed by atoms with van der Waals surface area (Å²) in [4.78, 5) is 0. The van der Waals surface area contributed by atoms with Crippen molar-refractivity contribution in [1.82, 2.24) is 0 Å². The van der Waals surface area contributed by atoms with Crippen molar-refractivity contribution >= 4 is 32.7 Å². The summed E-state index contributed by atoms with van der Waals surface area (Å²) in [6.45, 7) is 4.54. The average Bonchev–Trinajstić information content (AvgIpc) is 3.18. The molecule has 0 unspecified atom stereocenters. The van der Waals surface area contributed by atoms with Crippen molar-refractivity contribution in [2.75, 3.05) is 5.32 Å². The maximum absolute atomic E-state index is 3.58. The van der Waals surface area contributed by atoms with Crippen molar-refractivity contribution in [3.8, 4) is 0 Å². The van der Waals surface area contributed by atoms with E-state index >= 15 is 0 Å². The van der Waals surface area contributed by atoms with E-state index < -0.39 is 0 Å². The van der Waals surface area contributed by atoms with E-state index in [-0.39, 0.29) is 0 Å². The van der Waals surface area contributed by atoms with Crippen molar-refractivity contribution in [2.45, 2.75) is 78.1 Å². The van der Waals surface area contributed by atoms with Gasteiger partial charge in [0.2, 0.25) is 0 Å². The Balaban J connectivity index is 1.74. The molecule has 128 valence electrons. The van der Waals surface area contributed by atoms with Gasteiger partial charge in [0, 0.05) is 0 Å². The van der Waals surface area contributed by atoms with Crippen LogP contribution in [0.1, 0.15) is 76.3 Å². The lowest BCUT2D eigenvalue weighted by molar-refractivity contribution is 0.667. The average molecular weight is 350 g/mol. The summed E-state index contributed by atoms with van der Waals surface area (Å²) in [5.74, 6) is 0. The van der Waals surface area contributed by atoms with Gasteiger partial charge in [0.25, 0.3) is 0 Å². The Hall–Kier alpha value is -0.800. The lowest BCUT2D eigenvalue weighted by Gasteiger charge is -1.99. The number of hydrogen-bond acceptors (Lipinski definition) is 3. The summed E-state index contributed by atoms with van der Waals surface area (Å²) in [6, 6.07) is 4.66. The van der Waals surface area contributed by atoms with Crippen LogP contribution in [-0.2, 0) is 12.8 Å². The molecule has 0 radical (unpaired) electrons. The largest absolute Gasteiger partial charge is 0.339 e. The van der Waals surface area contributed by atoms with Crippen LogP contribution in [0.2, 0.25) is 0 Å². The molecule has 3 heteroatoms. The fourth-order valence-corrected chi connectivity index (χ4v) is 4.55. The smallest absolute Gasteiger partial charge is 0.0935 e. The second-order valence-electron chi connectivity index (χ2n) is 6.38. The molecule has 2 aromatic heterocycles. The van der Waals surface area contributed by atoms with E-state index in [1.807, 2.05) is 22.7 Å². The maximum Gasteiger partial charge on any atom is 0.0935 e. The molecule has 0 aliphatic heterocycles. The number of nitrogens with one attached hydrogen (secondary N) is 1. The molecule has 0 bridgehead atoms. The van der Waals surface area contributed by atoms with Gasteiger partial charge in [-0.05, 0) is 59.7 Å². The van der Waals surface area contributed by atoms with Crippen molar-refractivity contribution in [3.05, 3.63) is 34.0 Å². The molecule has 0 saturated heterocycles. The molecule has 0 spiro atoms. The summed E-state index contributed by atoms with van der Waals surface area (Å²) in [7, 11) is 0. The molecule has 1 nitrogen and oxygen atoms in total. The quantitative estimate of drug-likeness (QED) is 0.385. The highest BCUT2D eigenvalue weighted by Gasteiger charge is 2.04. The molecule has 0 aliphatic rings. The minimum Gasteiger partial charge on any atom is -0.339 e. The van der Waals surface area contributed by atoms with Gasteiger partial charge in [-0.25, -0.2) is 0 Å². The number of rotatable bonds is 12. The molecular weight excluding hydrogens is 318 g/mol. The van der Waals surface area contributed by atoms with Gasteiger partial charge in [0.05, 0.1) is 10.0 Å². The van der Waals surface area contributed by atoms with Crippen LogP contribution in [0.4, 0.5) is 10.0 Å². The summed E-state index contributed by atoms with van der Waals surface area (Å²) >= 11 is 3.67. The highest BCUT2D eigenvalue weighted by atomic mass is 32.1. The monoisotopic (exact) mass is 349 g/mol. The second kappa shape index (κ2) is 10.9. The molecule has 2 heterocycles. The maximum atomic E-state index is 3.58. The van der Waals surface area contributed by atoms with E-state index in [1.165, 1.54) is 85.3 Å². The zero-order chi connectivity index (χ0) is 16.3. The molecule has 2 aromatic rings. The molecular formula is C20H31NS2. The van der Waals surface area contributed by atoms with Gasteiger partial charge < -0.3 is 5.32 Å². The van der Waals surface area contributed by atoms with Gasteiger partial charge in [-0.15, -0.1) is 22.7 Å². The third-order valence-corrected chi connectivity index (χ3v) is 5.98. The van der Waals surface area contributed by atoms with Crippen LogP contribution >= 0.6 is 22.7 Å². The first-order chi connectivity index (χ1) is 11.3. The zero-order valence-electron chi connectivity index (χ0n) is 14.7. The number of aryl methyl sites for hydroxylation is 2. The van der Waals surface area contributed by atoms with Crippen molar-refractivity contribution in [3.63, 3.8) is 0 Å². The predicted octanol–water partition coefficient (Wildman–Crippen LogP) is 7.80. The van der Waals surface area contributed by atoms with Crippen molar-refractivity contribution < 1.29 is 0 Å². The standard InChI is InChI=1S/C20H31NS2/c1-3-5-7-9-11-17-13-19(22-15-17)21-20-14-18(16-23-20)12-10-8-6-4-2/h13-16,21H,3-12H2,1-2H3. The first kappa shape index (κ1) is 18.5. The fraction of sp³-hybridized carbons (Fsp3) is 0.600. The third kappa shape index (κ3) is 7.09. The van der Waals surface area contributed by atoms with Crippen molar-refractivity contribution in [2.24, 2.45) is 0 Å². The molecule has 0 amide bonds. The normalized spacial score (nSPS) is 11.0. The Bertz CT molecular complexity index is 493. The van der Waals surface area contributed by atoms with Crippen LogP contribution < -0.4 is 5.32 Å². The highest BCUT2D eigenvalue weighted by molar-refractivity contribution is 7.16. The van der Waals surface area contributed by atoms with E-state index in [0.29, 0.717) is 0 Å². The van der Waals surface area contributed by atoms with Gasteiger partial charge in [-0.3, -0.25) is 0 Å². The molecule has 1 N–H and O–H groups in total. The van der Waals surface area contributed by atoms with Gasteiger partial charge in [0.15, 0.2) is 0 Å². The first-order valence-corrected chi connectivity index (χ1v) is 11.0. The van der Waals surface area contributed by atoms with Crippen LogP contribution in [0.15, 0.2) is 22.9 Å². The van der Waals surface area contributed by atoms with E-state index in [1.54, 1.807) is 0 Å². The highest BCUT2D eigenvalue weighted by Crippen LogP contribution is 2.30. The van der Waals surface area contributed by atoms with Crippen LogP contribution in [-0.4, -0.2) is 0 Å². The number of hydrogen-bond donors (Lipinski definition) is 1. The summed E-state index contributed by atoms with van der Waals surface area (Å²) < 4.78 is 0. The van der Waals surface area contributed by atoms with Gasteiger partial charge in [0.1, 0.15) is 0 Å². The Morgan fingerprint density at radius 1 is 0.696 bits per heavy atom. The molecule has 23 heavy (non-hydrogen) atoms. The molecule has 2 rings (SSSR count). The molecule has 0 saturated carbocycles. The summed E-state index contributed by atoms with van der Waals surface area (Å²) in [6.07, 6.45) is 13.2. The lowest BCUT2D eigenvalue weighted by Crippen LogP contribution is -1.85. The predicted molar refractivity (Wildman–Crippen MR) is 108 cm³/mol. The minimum atomic E-state index is 1.23. The minimum absolute atomic E-state index is 1.23. The molecule has 0 fully saturated rings. The number of thiophene rings is 2. The summed E-state index contributed by atoms with van der Waals surface area (Å²) in [5, 5.41) is 10.8. The zero-order valence-corrected chi connectivity index (χ0v) is 16.3. The van der Waals surface area contributed by atoms with Crippen LogP contribution in [0, 0.1) is 0 Å². The number of unbranched alkanes of at least 4 members (excludes halogenated alkanes) is 6. The van der Waals surface area contributed by atoms with E-state index in [4.69, 9.17) is 0 Å². The van der Waals surface area contributed by atoms with Crippen LogP contribution in [0.25, 0.3) is 0 Å². The van der Waals surface area contributed by atoms with E-state index in [9.17, 15) is 0 Å². The molecule has 0 aromatic carbocycles. The van der Waals surface area contributed by atoms with Gasteiger partial charge in [-0.2, -0.15) is 0 Å². The van der Waals surface area contributed by atoms with Gasteiger partial charge >= 0.3 is 0 Å².